The zero-order chi connectivity index (χ0) is 13.6. The van der Waals surface area contributed by atoms with Crippen LogP contribution in [0.15, 0.2) is 0 Å². The molecule has 0 aromatic rings. The first-order valence-corrected chi connectivity index (χ1v) is 24.7. The molecule has 112 valence electrons. The molecule has 0 saturated heterocycles. The molecule has 2 saturated carbocycles. The van der Waals surface area contributed by atoms with Crippen molar-refractivity contribution in [1.82, 2.24) is 0 Å². The second-order valence-corrected chi connectivity index (χ2v) is 40.0. The SMILES string of the molecule is [Br][Sn]([Br])([CH]1CCCCCCC1)[CH]1CCCCCCC1. The van der Waals surface area contributed by atoms with Crippen LogP contribution < -0.4 is 0 Å². The van der Waals surface area contributed by atoms with Gasteiger partial charge in [-0.2, -0.15) is 0 Å². The first kappa shape index (κ1) is 17.1. The van der Waals surface area contributed by atoms with Crippen molar-refractivity contribution < 1.29 is 0 Å². The third-order valence-corrected chi connectivity index (χ3v) is 32.2. The van der Waals surface area contributed by atoms with E-state index in [0.29, 0.717) is 0 Å². The second kappa shape index (κ2) is 9.02. The van der Waals surface area contributed by atoms with Crippen molar-refractivity contribution in [3.8, 4) is 0 Å². The van der Waals surface area contributed by atoms with E-state index in [4.69, 9.17) is 0 Å². The van der Waals surface area contributed by atoms with Gasteiger partial charge in [0.2, 0.25) is 0 Å². The van der Waals surface area contributed by atoms with Gasteiger partial charge in [-0.15, -0.1) is 0 Å². The van der Waals surface area contributed by atoms with Gasteiger partial charge < -0.3 is 0 Å². The number of halogens is 2. The fourth-order valence-corrected chi connectivity index (χ4v) is 24.9. The molecule has 0 aliphatic heterocycles. The zero-order valence-corrected chi connectivity index (χ0v) is 18.3. The van der Waals surface area contributed by atoms with Crippen molar-refractivity contribution in [2.75, 3.05) is 0 Å². The minimum atomic E-state index is -2.21. The molecule has 0 aromatic carbocycles. The molecule has 0 unspecified atom stereocenters. The van der Waals surface area contributed by atoms with Crippen LogP contribution in [0.4, 0.5) is 0 Å². The summed E-state index contributed by atoms with van der Waals surface area (Å²) in [5, 5.41) is 0. The molecular formula is C16H30Br2Sn. The van der Waals surface area contributed by atoms with Crippen LogP contribution in [0.1, 0.15) is 89.9 Å². The molecular weight excluding hydrogens is 471 g/mol. The summed E-state index contributed by atoms with van der Waals surface area (Å²) in [5.41, 5.74) is 0. The van der Waals surface area contributed by atoms with Crippen molar-refractivity contribution in [3.63, 3.8) is 0 Å². The zero-order valence-electron chi connectivity index (χ0n) is 12.3. The normalized spacial score (nSPS) is 26.2. The van der Waals surface area contributed by atoms with Gasteiger partial charge in [-0.3, -0.25) is 0 Å². The van der Waals surface area contributed by atoms with E-state index in [1.165, 1.54) is 89.9 Å². The third-order valence-electron chi connectivity index (χ3n) is 5.30. The summed E-state index contributed by atoms with van der Waals surface area (Å²) in [4.78, 5) is 0. The Morgan fingerprint density at radius 2 is 0.737 bits per heavy atom. The Kier molecular flexibility index (Phi) is 8.13. The van der Waals surface area contributed by atoms with E-state index in [0.717, 1.165) is 7.87 Å². The Labute approximate surface area is 136 Å². The number of rotatable bonds is 2. The predicted octanol–water partition coefficient (Wildman–Crippen LogP) is 7.45. The Balaban J connectivity index is 1.96. The van der Waals surface area contributed by atoms with Gasteiger partial charge in [0.05, 0.1) is 0 Å². The first-order valence-electron chi connectivity index (χ1n) is 8.59. The van der Waals surface area contributed by atoms with Crippen LogP contribution in [0.3, 0.4) is 0 Å². The number of hydrogen-bond donors (Lipinski definition) is 0. The summed E-state index contributed by atoms with van der Waals surface area (Å²) in [7, 11) is 0. The van der Waals surface area contributed by atoms with E-state index in [1.54, 1.807) is 0 Å². The van der Waals surface area contributed by atoms with E-state index in [1.807, 2.05) is 0 Å². The summed E-state index contributed by atoms with van der Waals surface area (Å²) in [6, 6.07) is 0. The molecule has 0 bridgehead atoms. The van der Waals surface area contributed by atoms with Crippen LogP contribution in [0.25, 0.3) is 0 Å². The van der Waals surface area contributed by atoms with Crippen molar-refractivity contribution in [3.05, 3.63) is 0 Å². The molecule has 2 rings (SSSR count). The predicted molar refractivity (Wildman–Crippen MR) is 95.7 cm³/mol. The summed E-state index contributed by atoms with van der Waals surface area (Å²) in [6.45, 7) is 0. The van der Waals surface area contributed by atoms with Gasteiger partial charge in [-0.25, -0.2) is 0 Å². The van der Waals surface area contributed by atoms with E-state index in [-0.39, 0.29) is 0 Å². The molecule has 0 radical (unpaired) electrons. The van der Waals surface area contributed by atoms with E-state index < -0.39 is 13.9 Å². The molecule has 0 aromatic heterocycles. The molecule has 0 N–H and O–H groups in total. The van der Waals surface area contributed by atoms with Crippen LogP contribution in [0.5, 0.6) is 0 Å². The van der Waals surface area contributed by atoms with Crippen LogP contribution in [0, 0.1) is 0 Å². The van der Waals surface area contributed by atoms with Gasteiger partial charge >= 0.3 is 137 Å². The van der Waals surface area contributed by atoms with Crippen LogP contribution >= 0.6 is 25.4 Å². The summed E-state index contributed by atoms with van der Waals surface area (Å²) < 4.78 is 2.11. The Hall–Kier alpha value is 1.76. The van der Waals surface area contributed by atoms with E-state index in [9.17, 15) is 0 Å². The molecule has 0 amide bonds. The van der Waals surface area contributed by atoms with E-state index >= 15 is 0 Å². The standard InChI is InChI=1S/2C8H15.2BrH.Sn/c2*1-2-4-6-8-7-5-3-1;;;/h2*1H,2-8H2;2*1H;/q;;;;+2/p-2. The average Bonchev–Trinajstić information content (AvgIpc) is 2.26. The quantitative estimate of drug-likeness (QED) is 0.345. The average molecular weight is 501 g/mol. The van der Waals surface area contributed by atoms with Gasteiger partial charge in [0, 0.05) is 0 Å². The molecule has 19 heavy (non-hydrogen) atoms. The molecule has 0 spiro atoms. The summed E-state index contributed by atoms with van der Waals surface area (Å²) >= 11 is 6.49. The molecule has 0 atom stereocenters. The van der Waals surface area contributed by atoms with Crippen LogP contribution in [-0.4, -0.2) is 13.9 Å². The molecule has 2 fully saturated rings. The van der Waals surface area contributed by atoms with Gasteiger partial charge in [0.15, 0.2) is 0 Å². The Morgan fingerprint density at radius 3 is 1.05 bits per heavy atom. The molecule has 3 heteroatoms. The van der Waals surface area contributed by atoms with Gasteiger partial charge in [0.1, 0.15) is 0 Å². The Morgan fingerprint density at radius 1 is 0.474 bits per heavy atom. The maximum absolute atomic E-state index is 4.35. The minimum absolute atomic E-state index is 1.05. The molecule has 0 heterocycles. The Bertz CT molecular complexity index is 215. The van der Waals surface area contributed by atoms with E-state index in [2.05, 4.69) is 25.4 Å². The molecule has 2 aliphatic rings. The summed E-state index contributed by atoms with van der Waals surface area (Å²) in [5.74, 6) is 0. The van der Waals surface area contributed by atoms with Gasteiger partial charge in [-0.1, -0.05) is 0 Å². The third kappa shape index (κ3) is 5.47. The fourth-order valence-electron chi connectivity index (χ4n) is 4.02. The van der Waals surface area contributed by atoms with Crippen LogP contribution in [-0.2, 0) is 0 Å². The summed E-state index contributed by atoms with van der Waals surface area (Å²) in [6.07, 6.45) is 21.0. The second-order valence-electron chi connectivity index (χ2n) is 6.76. The fraction of sp³-hybridized carbons (Fsp3) is 1.00. The van der Waals surface area contributed by atoms with Crippen molar-refractivity contribution in [2.24, 2.45) is 0 Å². The topological polar surface area (TPSA) is 0 Å². The van der Waals surface area contributed by atoms with Gasteiger partial charge in [-0.05, 0) is 0 Å². The maximum atomic E-state index is 4.35. The van der Waals surface area contributed by atoms with Crippen molar-refractivity contribution in [1.29, 1.82) is 0 Å². The molecule has 2 aliphatic carbocycles. The monoisotopic (exact) mass is 500 g/mol. The van der Waals surface area contributed by atoms with Crippen LogP contribution in [0.2, 0.25) is 7.87 Å². The first-order chi connectivity index (χ1) is 9.21. The van der Waals surface area contributed by atoms with Gasteiger partial charge in [0.25, 0.3) is 0 Å². The van der Waals surface area contributed by atoms with Crippen molar-refractivity contribution >= 4 is 39.3 Å². The number of hydrogen-bond acceptors (Lipinski definition) is 0. The molecule has 0 nitrogen and oxygen atoms in total. The van der Waals surface area contributed by atoms with Crippen molar-refractivity contribution in [2.45, 2.75) is 97.8 Å².